The summed E-state index contributed by atoms with van der Waals surface area (Å²) in [6, 6.07) is 14.2. The zero-order chi connectivity index (χ0) is 23.0. The number of carbonyl (C=O) groups excluding carboxylic acids is 2. The molecule has 0 unspecified atom stereocenters. The second kappa shape index (κ2) is 8.56. The highest BCUT2D eigenvalue weighted by Gasteiger charge is 2.46. The minimum Gasteiger partial charge on any atom is -0.480 e. The highest BCUT2D eigenvalue weighted by Crippen LogP contribution is 2.45. The quantitative estimate of drug-likeness (QED) is 0.491. The summed E-state index contributed by atoms with van der Waals surface area (Å²) in [5, 5.41) is 19.0. The molecule has 0 saturated carbocycles. The molecule has 1 saturated heterocycles. The van der Waals surface area contributed by atoms with E-state index in [0.29, 0.717) is 11.3 Å². The molecule has 0 bridgehead atoms. The van der Waals surface area contributed by atoms with Crippen molar-refractivity contribution in [3.8, 4) is 0 Å². The third-order valence-electron chi connectivity index (χ3n) is 5.11. The molecule has 0 radical (unpaired) electrons. The predicted octanol–water partition coefficient (Wildman–Crippen LogP) is 2.39. The Morgan fingerprint density at radius 3 is 2.28 bits per heavy atom. The maximum Gasteiger partial charge on any atom is 0.327 e. The maximum absolute atomic E-state index is 13.3. The Kier molecular flexibility index (Phi) is 5.81. The largest absolute Gasteiger partial charge is 0.480 e. The van der Waals surface area contributed by atoms with E-state index < -0.39 is 36.3 Å². The van der Waals surface area contributed by atoms with E-state index in [1.54, 1.807) is 54.6 Å². The van der Waals surface area contributed by atoms with Crippen molar-refractivity contribution in [1.82, 2.24) is 4.90 Å². The summed E-state index contributed by atoms with van der Waals surface area (Å²) in [5.74, 6) is -3.74. The molecule has 4 rings (SSSR count). The maximum atomic E-state index is 13.3. The number of hydrogen-bond acceptors (Lipinski definition) is 6. The van der Waals surface area contributed by atoms with Crippen LogP contribution in [-0.2, 0) is 25.6 Å². The van der Waals surface area contributed by atoms with E-state index in [1.165, 1.54) is 0 Å². The lowest BCUT2D eigenvalue weighted by Gasteiger charge is -2.23. The smallest absolute Gasteiger partial charge is 0.327 e. The van der Waals surface area contributed by atoms with Crippen LogP contribution in [0.25, 0.3) is 5.57 Å². The van der Waals surface area contributed by atoms with Crippen LogP contribution in [0.15, 0.2) is 59.5 Å². The zero-order valence-corrected chi connectivity index (χ0v) is 18.1. The lowest BCUT2D eigenvalue weighted by molar-refractivity contribution is -0.145. The average Bonchev–Trinajstić information content (AvgIpc) is 3.19. The highest BCUT2D eigenvalue weighted by molar-refractivity contribution is 8.26. The minimum atomic E-state index is -1.25. The molecule has 0 spiro atoms. The van der Waals surface area contributed by atoms with Crippen LogP contribution in [0, 0.1) is 0 Å². The van der Waals surface area contributed by atoms with Crippen molar-refractivity contribution in [1.29, 1.82) is 0 Å². The molecule has 2 aromatic rings. The molecule has 10 heteroatoms. The van der Waals surface area contributed by atoms with Crippen molar-refractivity contribution in [2.45, 2.75) is 12.5 Å². The molecule has 0 aliphatic carbocycles. The molecular formula is C22H16N2O6S2. The van der Waals surface area contributed by atoms with Gasteiger partial charge in [0, 0.05) is 12.0 Å². The van der Waals surface area contributed by atoms with Crippen LogP contribution in [0.3, 0.4) is 0 Å². The fourth-order valence-electron chi connectivity index (χ4n) is 3.72. The fourth-order valence-corrected chi connectivity index (χ4v) is 5.15. The summed E-state index contributed by atoms with van der Waals surface area (Å²) in [6.45, 7) is -0.564. The molecule has 2 amide bonds. The number of aliphatic carboxylic acids is 2. The fraction of sp³-hybridized carbons (Fsp3) is 0.136. The van der Waals surface area contributed by atoms with Crippen molar-refractivity contribution in [3.05, 3.63) is 70.6 Å². The molecule has 2 aliphatic heterocycles. The second-order valence-corrected chi connectivity index (χ2v) is 8.74. The zero-order valence-electron chi connectivity index (χ0n) is 16.4. The van der Waals surface area contributed by atoms with Gasteiger partial charge in [0.1, 0.15) is 16.9 Å². The number of amides is 2. The second-order valence-electron chi connectivity index (χ2n) is 7.09. The molecule has 2 aromatic carbocycles. The van der Waals surface area contributed by atoms with Crippen LogP contribution in [0.4, 0.5) is 5.69 Å². The van der Waals surface area contributed by atoms with Crippen molar-refractivity contribution in [2.75, 3.05) is 11.4 Å². The first-order valence-corrected chi connectivity index (χ1v) is 10.7. The van der Waals surface area contributed by atoms with Crippen molar-refractivity contribution >= 4 is 63.3 Å². The van der Waals surface area contributed by atoms with E-state index in [2.05, 4.69) is 0 Å². The third-order valence-corrected chi connectivity index (χ3v) is 6.51. The number of hydrogen-bond donors (Lipinski definition) is 2. The number of fused-ring (bicyclic) bond motifs is 1. The Hall–Kier alpha value is -3.50. The Bertz CT molecular complexity index is 1190. The van der Waals surface area contributed by atoms with Gasteiger partial charge in [0.15, 0.2) is 0 Å². The average molecular weight is 469 g/mol. The standard InChI is InChI=1S/C22H16N2O6S2/c25-16(26)11-23-14-9-5-4-8-13(14)17(19(23)27)18-20(28)24(22(31)32-18)15(21(29)30)10-12-6-2-1-3-7-12/h1-9,15H,10-11H2,(H,25,26)(H,29,30)/b18-17-/t15-/m1/s1. The normalized spacial score (nSPS) is 18.8. The Morgan fingerprint density at radius 2 is 1.62 bits per heavy atom. The van der Waals surface area contributed by atoms with Gasteiger partial charge in [-0.15, -0.1) is 0 Å². The first-order valence-electron chi connectivity index (χ1n) is 9.49. The number of para-hydroxylation sites is 1. The molecule has 2 aliphatic rings. The van der Waals surface area contributed by atoms with E-state index in [4.69, 9.17) is 12.2 Å². The molecule has 32 heavy (non-hydrogen) atoms. The van der Waals surface area contributed by atoms with Crippen LogP contribution in [0.5, 0.6) is 0 Å². The van der Waals surface area contributed by atoms with Gasteiger partial charge < -0.3 is 10.2 Å². The number of benzene rings is 2. The van der Waals surface area contributed by atoms with Gasteiger partial charge in [0.25, 0.3) is 11.8 Å². The van der Waals surface area contributed by atoms with Gasteiger partial charge in [-0.2, -0.15) is 0 Å². The number of carbonyl (C=O) groups is 4. The summed E-state index contributed by atoms with van der Waals surface area (Å²) in [5.41, 5.74) is 1.54. The summed E-state index contributed by atoms with van der Waals surface area (Å²) in [7, 11) is 0. The number of thioether (sulfide) groups is 1. The van der Waals surface area contributed by atoms with Crippen LogP contribution < -0.4 is 4.90 Å². The number of rotatable bonds is 6. The van der Waals surface area contributed by atoms with Gasteiger partial charge in [-0.25, -0.2) is 4.79 Å². The van der Waals surface area contributed by atoms with Gasteiger partial charge >= 0.3 is 11.9 Å². The Balaban J connectivity index is 1.75. The molecule has 0 aromatic heterocycles. The Labute approximate surface area is 192 Å². The van der Waals surface area contributed by atoms with Crippen LogP contribution in [0.2, 0.25) is 0 Å². The predicted molar refractivity (Wildman–Crippen MR) is 122 cm³/mol. The van der Waals surface area contributed by atoms with Crippen molar-refractivity contribution in [2.24, 2.45) is 0 Å². The van der Waals surface area contributed by atoms with Gasteiger partial charge in [-0.3, -0.25) is 24.2 Å². The number of nitrogens with zero attached hydrogens (tertiary/aromatic N) is 2. The third kappa shape index (κ3) is 3.78. The van der Waals surface area contributed by atoms with Gasteiger partial charge in [0.2, 0.25) is 0 Å². The topological polar surface area (TPSA) is 115 Å². The minimum absolute atomic E-state index is 0.000324. The monoisotopic (exact) mass is 468 g/mol. The van der Waals surface area contributed by atoms with Crippen molar-refractivity contribution in [3.63, 3.8) is 0 Å². The summed E-state index contributed by atoms with van der Waals surface area (Å²) < 4.78 is 0.0304. The van der Waals surface area contributed by atoms with E-state index in [1.807, 2.05) is 0 Å². The van der Waals surface area contributed by atoms with Gasteiger partial charge in [-0.1, -0.05) is 72.5 Å². The molecule has 162 valence electrons. The highest BCUT2D eigenvalue weighted by atomic mass is 32.2. The lowest BCUT2D eigenvalue weighted by atomic mass is 10.0. The molecule has 1 fully saturated rings. The van der Waals surface area contributed by atoms with E-state index in [0.717, 1.165) is 27.1 Å². The summed E-state index contributed by atoms with van der Waals surface area (Å²) >= 11 is 6.18. The molecule has 8 nitrogen and oxygen atoms in total. The Morgan fingerprint density at radius 1 is 0.969 bits per heavy atom. The van der Waals surface area contributed by atoms with Crippen LogP contribution >= 0.6 is 24.0 Å². The van der Waals surface area contributed by atoms with E-state index in [9.17, 15) is 29.4 Å². The number of carboxylic acid groups (broad SMARTS) is 2. The van der Waals surface area contributed by atoms with Gasteiger partial charge in [0.05, 0.1) is 16.2 Å². The first kappa shape index (κ1) is 21.7. The van der Waals surface area contributed by atoms with Crippen molar-refractivity contribution < 1.29 is 29.4 Å². The first-order chi connectivity index (χ1) is 15.3. The number of anilines is 1. The lowest BCUT2D eigenvalue weighted by Crippen LogP contribution is -2.45. The molecule has 2 heterocycles. The van der Waals surface area contributed by atoms with Gasteiger partial charge in [-0.05, 0) is 11.6 Å². The van der Waals surface area contributed by atoms with E-state index in [-0.39, 0.29) is 21.2 Å². The SMILES string of the molecule is O=C(O)CN1C(=O)/C(=C2\SC(=S)N([C@H](Cc3ccccc3)C(=O)O)C2=O)c2ccccc21. The van der Waals surface area contributed by atoms with Crippen LogP contribution in [0.1, 0.15) is 11.1 Å². The molecule has 1 atom stereocenters. The molecular weight excluding hydrogens is 452 g/mol. The summed E-state index contributed by atoms with van der Waals surface area (Å²) in [4.78, 5) is 51.8. The van der Waals surface area contributed by atoms with Crippen LogP contribution in [-0.4, -0.2) is 55.8 Å². The molecule has 2 N–H and O–H groups in total. The number of carboxylic acids is 2. The summed E-state index contributed by atoms with van der Waals surface area (Å²) in [6.07, 6.45) is 0.0426. The number of thiocarbonyl (C=S) groups is 1. The van der Waals surface area contributed by atoms with E-state index >= 15 is 0 Å².